The fourth-order valence-corrected chi connectivity index (χ4v) is 3.18. The van der Waals surface area contributed by atoms with Gasteiger partial charge in [-0.25, -0.2) is 0 Å². The minimum absolute atomic E-state index is 0.00146. The molecule has 94 valence electrons. The predicted octanol–water partition coefficient (Wildman–Crippen LogP) is 3.28. The maximum atomic E-state index is 11.9. The van der Waals surface area contributed by atoms with Crippen molar-refractivity contribution >= 4 is 17.5 Å². The summed E-state index contributed by atoms with van der Waals surface area (Å²) in [5.41, 5.74) is 0.679. The van der Waals surface area contributed by atoms with Crippen LogP contribution in [0.5, 0.6) is 0 Å². The fraction of sp³-hybridized carbons (Fsp3) is 0.400. The van der Waals surface area contributed by atoms with Crippen LogP contribution in [0.1, 0.15) is 23.2 Å². The third kappa shape index (κ3) is 2.30. The largest absolute Gasteiger partial charge is 0.352 e. The lowest BCUT2D eigenvalue weighted by atomic mass is 9.93. The molecule has 18 heavy (non-hydrogen) atoms. The van der Waals surface area contributed by atoms with Crippen molar-refractivity contribution in [2.45, 2.75) is 12.8 Å². The summed E-state index contributed by atoms with van der Waals surface area (Å²) in [4.78, 5) is 11.9. The van der Waals surface area contributed by atoms with Gasteiger partial charge in [0.2, 0.25) is 0 Å². The highest BCUT2D eigenvalue weighted by Gasteiger charge is 2.35. The van der Waals surface area contributed by atoms with Gasteiger partial charge in [-0.1, -0.05) is 23.8 Å². The van der Waals surface area contributed by atoms with E-state index in [0.29, 0.717) is 22.4 Å². The maximum Gasteiger partial charge on any atom is 0.251 e. The molecule has 3 heteroatoms. The highest BCUT2D eigenvalue weighted by Crippen LogP contribution is 2.42. The second kappa shape index (κ2) is 4.77. The molecule has 0 saturated heterocycles. The molecular formula is C15H16ClNO. The van der Waals surface area contributed by atoms with Gasteiger partial charge in [-0.15, -0.1) is 0 Å². The molecule has 1 amide bonds. The van der Waals surface area contributed by atoms with E-state index in [1.165, 1.54) is 12.8 Å². The Kier molecular flexibility index (Phi) is 3.13. The number of allylic oxidation sites excluding steroid dienone is 2. The van der Waals surface area contributed by atoms with Crippen molar-refractivity contribution < 1.29 is 4.79 Å². The number of fused-ring (bicyclic) bond motifs is 2. The summed E-state index contributed by atoms with van der Waals surface area (Å²) in [7, 11) is 0. The van der Waals surface area contributed by atoms with Crippen LogP contribution in [0.25, 0.3) is 0 Å². The van der Waals surface area contributed by atoms with E-state index in [0.717, 1.165) is 12.5 Å². The van der Waals surface area contributed by atoms with Crippen LogP contribution in [-0.2, 0) is 0 Å². The van der Waals surface area contributed by atoms with Gasteiger partial charge in [0.1, 0.15) is 0 Å². The SMILES string of the molecule is O=C(NCC1CC2C=CC1C2)c1ccc(Cl)cc1. The molecule has 2 nitrogen and oxygen atoms in total. The van der Waals surface area contributed by atoms with E-state index in [4.69, 9.17) is 11.6 Å². The highest BCUT2D eigenvalue weighted by atomic mass is 35.5. The number of nitrogens with one attached hydrogen (secondary N) is 1. The summed E-state index contributed by atoms with van der Waals surface area (Å²) in [6.45, 7) is 0.785. The van der Waals surface area contributed by atoms with Crippen molar-refractivity contribution in [3.63, 3.8) is 0 Å². The monoisotopic (exact) mass is 261 g/mol. The zero-order valence-corrected chi connectivity index (χ0v) is 10.9. The van der Waals surface area contributed by atoms with E-state index in [9.17, 15) is 4.79 Å². The van der Waals surface area contributed by atoms with Crippen LogP contribution in [0.15, 0.2) is 36.4 Å². The molecule has 0 heterocycles. The smallest absolute Gasteiger partial charge is 0.251 e. The average molecular weight is 262 g/mol. The number of amides is 1. The van der Waals surface area contributed by atoms with Gasteiger partial charge in [0.05, 0.1) is 0 Å². The molecule has 3 unspecified atom stereocenters. The van der Waals surface area contributed by atoms with Gasteiger partial charge in [0.25, 0.3) is 5.91 Å². The van der Waals surface area contributed by atoms with Gasteiger partial charge in [-0.2, -0.15) is 0 Å². The number of rotatable bonds is 3. The second-order valence-corrected chi connectivity index (χ2v) is 5.69. The number of carbonyl (C=O) groups is 1. The van der Waals surface area contributed by atoms with Crippen molar-refractivity contribution in [2.75, 3.05) is 6.54 Å². The number of benzene rings is 1. The highest BCUT2D eigenvalue weighted by molar-refractivity contribution is 6.30. The number of halogens is 1. The Morgan fingerprint density at radius 3 is 2.61 bits per heavy atom. The zero-order valence-electron chi connectivity index (χ0n) is 10.1. The quantitative estimate of drug-likeness (QED) is 0.832. The molecule has 0 spiro atoms. The molecule has 1 N–H and O–H groups in total. The minimum Gasteiger partial charge on any atom is -0.352 e. The summed E-state index contributed by atoms with van der Waals surface area (Å²) in [5.74, 6) is 2.06. The molecule has 1 fully saturated rings. The van der Waals surface area contributed by atoms with Gasteiger partial charge >= 0.3 is 0 Å². The first-order chi connectivity index (χ1) is 8.72. The standard InChI is InChI=1S/C15H16ClNO/c16-14-5-3-11(4-6-14)15(18)17-9-13-8-10-1-2-12(13)7-10/h1-6,10,12-13H,7-9H2,(H,17,18). The topological polar surface area (TPSA) is 29.1 Å². The van der Waals surface area contributed by atoms with Crippen LogP contribution in [0.2, 0.25) is 5.02 Å². The van der Waals surface area contributed by atoms with E-state index >= 15 is 0 Å². The van der Waals surface area contributed by atoms with Crippen molar-refractivity contribution in [2.24, 2.45) is 17.8 Å². The molecule has 0 aromatic heterocycles. The minimum atomic E-state index is -0.00146. The van der Waals surface area contributed by atoms with E-state index in [1.807, 2.05) is 0 Å². The van der Waals surface area contributed by atoms with Gasteiger partial charge in [0, 0.05) is 17.1 Å². The number of hydrogen-bond donors (Lipinski definition) is 1. The Morgan fingerprint density at radius 1 is 1.22 bits per heavy atom. The Balaban J connectivity index is 1.56. The Labute approximate surface area is 112 Å². The third-order valence-electron chi connectivity index (χ3n) is 4.05. The molecule has 2 bridgehead atoms. The third-order valence-corrected chi connectivity index (χ3v) is 4.30. The van der Waals surface area contributed by atoms with Gasteiger partial charge < -0.3 is 5.32 Å². The summed E-state index contributed by atoms with van der Waals surface area (Å²) < 4.78 is 0. The summed E-state index contributed by atoms with van der Waals surface area (Å²) in [6.07, 6.45) is 7.14. The lowest BCUT2D eigenvalue weighted by molar-refractivity contribution is 0.0945. The van der Waals surface area contributed by atoms with Crippen LogP contribution >= 0.6 is 11.6 Å². The van der Waals surface area contributed by atoms with Gasteiger partial charge in [-0.05, 0) is 54.9 Å². The van der Waals surface area contributed by atoms with Gasteiger partial charge in [-0.3, -0.25) is 4.79 Å². The molecule has 2 aliphatic carbocycles. The van der Waals surface area contributed by atoms with Crippen LogP contribution in [0.3, 0.4) is 0 Å². The van der Waals surface area contributed by atoms with Crippen molar-refractivity contribution in [1.29, 1.82) is 0 Å². The Morgan fingerprint density at radius 2 is 2.00 bits per heavy atom. The first-order valence-electron chi connectivity index (χ1n) is 6.44. The molecule has 0 radical (unpaired) electrons. The van der Waals surface area contributed by atoms with Crippen LogP contribution in [0.4, 0.5) is 0 Å². The summed E-state index contributed by atoms with van der Waals surface area (Å²) in [5, 5.41) is 3.69. The average Bonchev–Trinajstić information content (AvgIpc) is 2.99. The van der Waals surface area contributed by atoms with E-state index in [-0.39, 0.29) is 5.91 Å². The van der Waals surface area contributed by atoms with E-state index in [2.05, 4.69) is 17.5 Å². The summed E-state index contributed by atoms with van der Waals surface area (Å²) in [6, 6.07) is 7.02. The van der Waals surface area contributed by atoms with Gasteiger partial charge in [0.15, 0.2) is 0 Å². The van der Waals surface area contributed by atoms with Crippen LogP contribution in [0, 0.1) is 17.8 Å². The first kappa shape index (κ1) is 11.8. The van der Waals surface area contributed by atoms with Crippen molar-refractivity contribution in [1.82, 2.24) is 5.32 Å². The van der Waals surface area contributed by atoms with Crippen molar-refractivity contribution in [3.05, 3.63) is 47.0 Å². The lowest BCUT2D eigenvalue weighted by Gasteiger charge is -2.18. The zero-order chi connectivity index (χ0) is 12.5. The maximum absolute atomic E-state index is 11.9. The van der Waals surface area contributed by atoms with E-state index in [1.54, 1.807) is 24.3 Å². The van der Waals surface area contributed by atoms with Crippen LogP contribution in [-0.4, -0.2) is 12.5 Å². The Hall–Kier alpha value is -1.28. The Bertz CT molecular complexity index is 480. The van der Waals surface area contributed by atoms with Crippen molar-refractivity contribution in [3.8, 4) is 0 Å². The molecule has 0 aliphatic heterocycles. The summed E-state index contributed by atoms with van der Waals surface area (Å²) >= 11 is 5.80. The molecule has 2 aliphatic rings. The molecular weight excluding hydrogens is 246 g/mol. The molecule has 3 atom stereocenters. The normalized spacial score (nSPS) is 28.6. The second-order valence-electron chi connectivity index (χ2n) is 5.26. The molecule has 1 aromatic carbocycles. The molecule has 3 rings (SSSR count). The van der Waals surface area contributed by atoms with E-state index < -0.39 is 0 Å². The lowest BCUT2D eigenvalue weighted by Crippen LogP contribution is -2.30. The predicted molar refractivity (Wildman–Crippen MR) is 72.6 cm³/mol. The van der Waals surface area contributed by atoms with Crippen LogP contribution < -0.4 is 5.32 Å². The fourth-order valence-electron chi connectivity index (χ4n) is 3.06. The number of carbonyl (C=O) groups excluding carboxylic acids is 1. The molecule has 1 aromatic rings. The first-order valence-corrected chi connectivity index (χ1v) is 6.82. The number of hydrogen-bond acceptors (Lipinski definition) is 1. The molecule has 1 saturated carbocycles.